The molecule has 7 heteroatoms. The number of sulfone groups is 1. The van der Waals surface area contributed by atoms with E-state index in [1.54, 1.807) is 12.1 Å². The Kier molecular flexibility index (Phi) is 8.35. The maximum atomic E-state index is 11.7. The molecule has 2 heterocycles. The van der Waals surface area contributed by atoms with Gasteiger partial charge in [0.05, 0.1) is 4.90 Å². The molecule has 198 valence electrons. The fourth-order valence-electron chi connectivity index (χ4n) is 5.35. The maximum Gasteiger partial charge on any atom is 0.226 e. The fraction of sp³-hybridized carbons (Fsp3) is 0.355. The van der Waals surface area contributed by atoms with E-state index in [1.807, 2.05) is 12.1 Å². The first kappa shape index (κ1) is 26.3. The average molecular weight is 530 g/mol. The highest BCUT2D eigenvalue weighted by Gasteiger charge is 2.23. The third-order valence-electron chi connectivity index (χ3n) is 7.53. The number of piperidine rings is 1. The second kappa shape index (κ2) is 12.0. The van der Waals surface area contributed by atoms with E-state index >= 15 is 0 Å². The molecule has 0 saturated carbocycles. The fourth-order valence-corrected chi connectivity index (χ4v) is 5.98. The van der Waals surface area contributed by atoms with Crippen LogP contribution in [0.15, 0.2) is 94.3 Å². The van der Waals surface area contributed by atoms with Crippen LogP contribution < -0.4 is 0 Å². The summed E-state index contributed by atoms with van der Waals surface area (Å²) in [5, 5.41) is 4.15. The van der Waals surface area contributed by atoms with Gasteiger partial charge in [-0.25, -0.2) is 8.42 Å². The second-order valence-corrected chi connectivity index (χ2v) is 12.4. The molecule has 5 rings (SSSR count). The van der Waals surface area contributed by atoms with Crippen LogP contribution in [0.1, 0.15) is 53.6 Å². The Labute approximate surface area is 225 Å². The molecule has 0 radical (unpaired) electrons. The van der Waals surface area contributed by atoms with Gasteiger partial charge in [0.15, 0.2) is 15.7 Å². The normalized spacial score (nSPS) is 15.2. The molecule has 0 aliphatic carbocycles. The van der Waals surface area contributed by atoms with Crippen molar-refractivity contribution in [3.8, 4) is 0 Å². The first-order valence-corrected chi connectivity index (χ1v) is 15.3. The van der Waals surface area contributed by atoms with Crippen molar-refractivity contribution in [2.75, 3.05) is 25.9 Å². The van der Waals surface area contributed by atoms with Gasteiger partial charge in [0.25, 0.3) is 0 Å². The predicted octanol–water partition coefficient (Wildman–Crippen LogP) is 5.54. The lowest BCUT2D eigenvalue weighted by Crippen LogP contribution is -2.35. The molecule has 0 N–H and O–H groups in total. The number of aromatic nitrogens is 2. The summed E-state index contributed by atoms with van der Waals surface area (Å²) in [7, 11) is -3.20. The van der Waals surface area contributed by atoms with Gasteiger partial charge in [-0.1, -0.05) is 78.0 Å². The number of likely N-dealkylation sites (tertiary alicyclic amines) is 1. The summed E-state index contributed by atoms with van der Waals surface area (Å²) in [6.07, 6.45) is 5.92. The van der Waals surface area contributed by atoms with Gasteiger partial charge < -0.3 is 9.42 Å². The molecule has 0 atom stereocenters. The van der Waals surface area contributed by atoms with Gasteiger partial charge in [0.2, 0.25) is 5.89 Å². The number of rotatable bonds is 10. The summed E-state index contributed by atoms with van der Waals surface area (Å²) >= 11 is 0. The zero-order chi connectivity index (χ0) is 26.4. The van der Waals surface area contributed by atoms with E-state index < -0.39 is 9.84 Å². The third kappa shape index (κ3) is 6.97. The van der Waals surface area contributed by atoms with Crippen LogP contribution in [-0.2, 0) is 22.7 Å². The lowest BCUT2D eigenvalue weighted by molar-refractivity contribution is 0.174. The van der Waals surface area contributed by atoms with E-state index in [2.05, 4.69) is 75.7 Å². The van der Waals surface area contributed by atoms with Crippen LogP contribution >= 0.6 is 0 Å². The summed E-state index contributed by atoms with van der Waals surface area (Å²) < 4.78 is 28.9. The van der Waals surface area contributed by atoms with E-state index in [-0.39, 0.29) is 0 Å². The summed E-state index contributed by atoms with van der Waals surface area (Å²) in [6, 6.07) is 28.5. The van der Waals surface area contributed by atoms with Crippen molar-refractivity contribution in [3.05, 3.63) is 113 Å². The highest BCUT2D eigenvalue weighted by atomic mass is 32.2. The van der Waals surface area contributed by atoms with Gasteiger partial charge in [0, 0.05) is 25.0 Å². The molecule has 1 aliphatic rings. The molecule has 1 fully saturated rings. The molecule has 0 spiro atoms. The number of nitrogens with zero attached hydrogens (tertiary/aromatic N) is 3. The molecular weight excluding hydrogens is 494 g/mol. The van der Waals surface area contributed by atoms with Crippen molar-refractivity contribution in [1.82, 2.24) is 15.0 Å². The Morgan fingerprint density at radius 2 is 1.50 bits per heavy atom. The van der Waals surface area contributed by atoms with Crippen molar-refractivity contribution in [2.24, 2.45) is 5.92 Å². The highest BCUT2D eigenvalue weighted by molar-refractivity contribution is 7.90. The Morgan fingerprint density at radius 3 is 2.08 bits per heavy atom. The van der Waals surface area contributed by atoms with Crippen molar-refractivity contribution >= 4 is 9.84 Å². The Balaban J connectivity index is 1.10. The molecule has 4 aromatic rings. The van der Waals surface area contributed by atoms with E-state index in [0.717, 1.165) is 50.9 Å². The molecule has 0 bridgehead atoms. The molecular formula is C31H35N3O3S. The lowest BCUT2D eigenvalue weighted by atomic mass is 9.87. The Morgan fingerprint density at radius 1 is 0.895 bits per heavy atom. The maximum absolute atomic E-state index is 11.7. The topological polar surface area (TPSA) is 76.3 Å². The van der Waals surface area contributed by atoms with Crippen molar-refractivity contribution in [3.63, 3.8) is 0 Å². The molecule has 3 aromatic carbocycles. The molecule has 0 unspecified atom stereocenters. The van der Waals surface area contributed by atoms with Gasteiger partial charge in [-0.2, -0.15) is 4.98 Å². The van der Waals surface area contributed by atoms with Crippen LogP contribution in [-0.4, -0.2) is 49.3 Å². The minimum absolute atomic E-state index is 0.317. The van der Waals surface area contributed by atoms with Crippen LogP contribution in [0.5, 0.6) is 0 Å². The number of hydrogen-bond donors (Lipinski definition) is 0. The van der Waals surface area contributed by atoms with Crippen LogP contribution in [0.4, 0.5) is 0 Å². The summed E-state index contributed by atoms with van der Waals surface area (Å²) in [4.78, 5) is 7.52. The molecule has 6 nitrogen and oxygen atoms in total. The van der Waals surface area contributed by atoms with Gasteiger partial charge in [0.1, 0.15) is 0 Å². The first-order valence-electron chi connectivity index (χ1n) is 13.4. The quantitative estimate of drug-likeness (QED) is 0.268. The predicted molar refractivity (Wildman–Crippen MR) is 149 cm³/mol. The highest BCUT2D eigenvalue weighted by Crippen LogP contribution is 2.29. The molecule has 1 aromatic heterocycles. The Hall–Kier alpha value is -3.29. The SMILES string of the molecule is CS(=O)(=O)c1ccc(Cc2noc(CC3CCN(CCC(c4ccccc4)c4ccccc4)CC3)n2)cc1. The van der Waals surface area contributed by atoms with E-state index in [0.29, 0.717) is 34.9 Å². The van der Waals surface area contributed by atoms with Crippen LogP contribution in [0.2, 0.25) is 0 Å². The third-order valence-corrected chi connectivity index (χ3v) is 8.66. The standard InChI is InChI=1S/C31H35N3O3S/c1-38(35,36)28-14-12-24(13-15-28)22-30-32-31(37-33-30)23-25-16-19-34(20-17-25)21-18-29(26-8-4-2-5-9-26)27-10-6-3-7-11-27/h2-15,25,29H,16-23H2,1H3. The van der Waals surface area contributed by atoms with Crippen LogP contribution in [0.25, 0.3) is 0 Å². The van der Waals surface area contributed by atoms with Crippen molar-refractivity contribution in [2.45, 2.75) is 42.9 Å². The average Bonchev–Trinajstić information content (AvgIpc) is 3.37. The zero-order valence-electron chi connectivity index (χ0n) is 21.9. The Bertz CT molecular complexity index is 1360. The number of hydrogen-bond acceptors (Lipinski definition) is 6. The van der Waals surface area contributed by atoms with Gasteiger partial charge in [-0.3, -0.25) is 0 Å². The smallest absolute Gasteiger partial charge is 0.226 e. The van der Waals surface area contributed by atoms with Gasteiger partial charge in [-0.15, -0.1) is 0 Å². The first-order chi connectivity index (χ1) is 18.4. The van der Waals surface area contributed by atoms with Crippen LogP contribution in [0.3, 0.4) is 0 Å². The van der Waals surface area contributed by atoms with Crippen molar-refractivity contribution in [1.29, 1.82) is 0 Å². The van der Waals surface area contributed by atoms with E-state index in [1.165, 1.54) is 17.4 Å². The van der Waals surface area contributed by atoms with Gasteiger partial charge in [-0.05, 0) is 73.6 Å². The summed E-state index contributed by atoms with van der Waals surface area (Å²) in [5.74, 6) is 2.29. The summed E-state index contributed by atoms with van der Waals surface area (Å²) in [6.45, 7) is 3.27. The molecule has 1 aliphatic heterocycles. The monoisotopic (exact) mass is 529 g/mol. The zero-order valence-corrected chi connectivity index (χ0v) is 22.7. The van der Waals surface area contributed by atoms with Crippen LogP contribution in [0, 0.1) is 5.92 Å². The van der Waals surface area contributed by atoms with Crippen molar-refractivity contribution < 1.29 is 12.9 Å². The number of benzene rings is 3. The molecule has 38 heavy (non-hydrogen) atoms. The molecule has 0 amide bonds. The lowest BCUT2D eigenvalue weighted by Gasteiger charge is -2.32. The minimum atomic E-state index is -3.20. The molecule has 1 saturated heterocycles. The summed E-state index contributed by atoms with van der Waals surface area (Å²) in [5.41, 5.74) is 3.72. The van der Waals surface area contributed by atoms with E-state index in [4.69, 9.17) is 4.52 Å². The minimum Gasteiger partial charge on any atom is -0.339 e. The van der Waals surface area contributed by atoms with Gasteiger partial charge >= 0.3 is 0 Å². The van der Waals surface area contributed by atoms with E-state index in [9.17, 15) is 8.42 Å². The second-order valence-electron chi connectivity index (χ2n) is 10.3. The largest absolute Gasteiger partial charge is 0.339 e.